The van der Waals surface area contributed by atoms with E-state index in [1.807, 2.05) is 0 Å². The van der Waals surface area contributed by atoms with Crippen molar-refractivity contribution in [2.75, 3.05) is 24.3 Å². The third-order valence-corrected chi connectivity index (χ3v) is 4.76. The lowest BCUT2D eigenvalue weighted by Gasteiger charge is -2.27. The van der Waals surface area contributed by atoms with Crippen LogP contribution in [0.4, 0.5) is 11.4 Å². The molecule has 1 aliphatic heterocycles. The van der Waals surface area contributed by atoms with E-state index in [9.17, 15) is 9.59 Å². The van der Waals surface area contributed by atoms with Gasteiger partial charge in [0.2, 0.25) is 5.91 Å². The van der Waals surface area contributed by atoms with Crippen LogP contribution >= 0.6 is 0 Å². The normalized spacial score (nSPS) is 19.2. The van der Waals surface area contributed by atoms with Crippen molar-refractivity contribution >= 4 is 23.2 Å². The van der Waals surface area contributed by atoms with Gasteiger partial charge in [0.15, 0.2) is 0 Å². The molecule has 3 N–H and O–H groups in total. The number of piperidine rings is 1. The second-order valence-corrected chi connectivity index (χ2v) is 6.83. The Hall–Kier alpha value is -2.86. The zero-order valence-electron chi connectivity index (χ0n) is 15.6. The van der Waals surface area contributed by atoms with Gasteiger partial charge in [-0.1, -0.05) is 0 Å². The molecular weight excluding hydrogens is 342 g/mol. The molecule has 1 heterocycles. The van der Waals surface area contributed by atoms with E-state index in [4.69, 9.17) is 4.74 Å². The fraction of sp³-hybridized carbons (Fsp3) is 0.333. The molecule has 2 atom stereocenters. The second kappa shape index (κ2) is 8.68. The molecule has 6 heteroatoms. The third-order valence-electron chi connectivity index (χ3n) is 4.76. The smallest absolute Gasteiger partial charge is 0.255 e. The maximum absolute atomic E-state index is 12.4. The molecule has 1 fully saturated rings. The summed E-state index contributed by atoms with van der Waals surface area (Å²) in [5.41, 5.74) is 1.92. The topological polar surface area (TPSA) is 79.5 Å². The van der Waals surface area contributed by atoms with Gasteiger partial charge in [-0.3, -0.25) is 9.59 Å². The van der Waals surface area contributed by atoms with Crippen LogP contribution in [0.3, 0.4) is 0 Å². The van der Waals surface area contributed by atoms with E-state index >= 15 is 0 Å². The van der Waals surface area contributed by atoms with Gasteiger partial charge in [-0.2, -0.15) is 0 Å². The Labute approximate surface area is 159 Å². The molecule has 2 amide bonds. The van der Waals surface area contributed by atoms with Crippen LogP contribution < -0.4 is 20.7 Å². The second-order valence-electron chi connectivity index (χ2n) is 6.83. The first-order valence-electron chi connectivity index (χ1n) is 9.15. The first-order chi connectivity index (χ1) is 13.0. The van der Waals surface area contributed by atoms with Crippen LogP contribution in [0.2, 0.25) is 0 Å². The van der Waals surface area contributed by atoms with Crippen molar-refractivity contribution in [3.63, 3.8) is 0 Å². The van der Waals surface area contributed by atoms with Gasteiger partial charge >= 0.3 is 0 Å². The average Bonchev–Trinajstić information content (AvgIpc) is 2.69. The molecule has 0 unspecified atom stereocenters. The van der Waals surface area contributed by atoms with E-state index in [2.05, 4.69) is 22.9 Å². The molecule has 0 aliphatic carbocycles. The molecule has 0 radical (unpaired) electrons. The monoisotopic (exact) mass is 367 g/mol. The number of anilines is 2. The van der Waals surface area contributed by atoms with Crippen molar-refractivity contribution in [1.82, 2.24) is 5.32 Å². The van der Waals surface area contributed by atoms with E-state index in [1.165, 1.54) is 0 Å². The Morgan fingerprint density at radius 1 is 1.00 bits per heavy atom. The number of methoxy groups -OCH3 is 1. The van der Waals surface area contributed by atoms with Gasteiger partial charge in [0, 0.05) is 28.9 Å². The summed E-state index contributed by atoms with van der Waals surface area (Å²) >= 11 is 0. The highest BCUT2D eigenvalue weighted by atomic mass is 16.5. The van der Waals surface area contributed by atoms with E-state index < -0.39 is 0 Å². The van der Waals surface area contributed by atoms with Gasteiger partial charge in [0.25, 0.3) is 5.91 Å². The van der Waals surface area contributed by atoms with Crippen molar-refractivity contribution in [3.05, 3.63) is 54.1 Å². The van der Waals surface area contributed by atoms with Crippen LogP contribution in [0.5, 0.6) is 5.75 Å². The van der Waals surface area contributed by atoms with E-state index in [0.717, 1.165) is 25.1 Å². The maximum atomic E-state index is 12.4. The first kappa shape index (κ1) is 18.9. The van der Waals surface area contributed by atoms with Crippen molar-refractivity contribution in [3.8, 4) is 5.75 Å². The summed E-state index contributed by atoms with van der Waals surface area (Å²) in [4.78, 5) is 24.7. The Kier molecular flexibility index (Phi) is 6.08. The SMILES string of the molecule is COc1ccc(NC(=O)c2ccc(NC(=O)[C@H]3CCN[C@@H](C)C3)cc2)cc1. The van der Waals surface area contributed by atoms with Gasteiger partial charge in [-0.15, -0.1) is 0 Å². The fourth-order valence-corrected chi connectivity index (χ4v) is 3.20. The molecule has 0 aromatic heterocycles. The van der Waals surface area contributed by atoms with Gasteiger partial charge in [0.1, 0.15) is 5.75 Å². The average molecular weight is 367 g/mol. The zero-order valence-corrected chi connectivity index (χ0v) is 15.6. The summed E-state index contributed by atoms with van der Waals surface area (Å²) in [6.45, 7) is 2.96. The summed E-state index contributed by atoms with van der Waals surface area (Å²) < 4.78 is 5.10. The van der Waals surface area contributed by atoms with Gasteiger partial charge < -0.3 is 20.7 Å². The molecule has 0 saturated carbocycles. The molecule has 6 nitrogen and oxygen atoms in total. The lowest BCUT2D eigenvalue weighted by Crippen LogP contribution is -2.40. The van der Waals surface area contributed by atoms with Crippen LogP contribution in [0.1, 0.15) is 30.1 Å². The summed E-state index contributed by atoms with van der Waals surface area (Å²) in [6, 6.07) is 14.4. The standard InChI is InChI=1S/C21H25N3O3/c1-14-13-16(11-12-22-14)21(26)24-17-5-3-15(4-6-17)20(25)23-18-7-9-19(27-2)10-8-18/h3-10,14,16,22H,11-13H2,1-2H3,(H,23,25)(H,24,26)/t14-,16-/m0/s1. The lowest BCUT2D eigenvalue weighted by atomic mass is 9.92. The lowest BCUT2D eigenvalue weighted by molar-refractivity contribution is -0.120. The third kappa shape index (κ3) is 5.08. The summed E-state index contributed by atoms with van der Waals surface area (Å²) in [7, 11) is 1.60. The molecule has 2 aromatic carbocycles. The number of carbonyl (C=O) groups is 2. The minimum absolute atomic E-state index is 0.0271. The van der Waals surface area contributed by atoms with E-state index in [0.29, 0.717) is 23.0 Å². The summed E-state index contributed by atoms with van der Waals surface area (Å²) in [6.07, 6.45) is 1.69. The molecule has 142 valence electrons. The number of rotatable bonds is 5. The van der Waals surface area contributed by atoms with Crippen LogP contribution in [0, 0.1) is 5.92 Å². The Bertz CT molecular complexity index is 787. The Morgan fingerprint density at radius 3 is 2.26 bits per heavy atom. The van der Waals surface area contributed by atoms with Crippen LogP contribution in [-0.2, 0) is 4.79 Å². The molecule has 0 spiro atoms. The number of hydrogen-bond acceptors (Lipinski definition) is 4. The predicted molar refractivity (Wildman–Crippen MR) is 106 cm³/mol. The van der Waals surface area contributed by atoms with Crippen molar-refractivity contribution < 1.29 is 14.3 Å². The van der Waals surface area contributed by atoms with Crippen molar-refractivity contribution in [2.45, 2.75) is 25.8 Å². The molecular formula is C21H25N3O3. The minimum Gasteiger partial charge on any atom is -0.497 e. The van der Waals surface area contributed by atoms with Crippen molar-refractivity contribution in [2.24, 2.45) is 5.92 Å². The van der Waals surface area contributed by atoms with Crippen LogP contribution in [0.25, 0.3) is 0 Å². The van der Waals surface area contributed by atoms with Gasteiger partial charge in [-0.25, -0.2) is 0 Å². The highest BCUT2D eigenvalue weighted by molar-refractivity contribution is 6.04. The number of amides is 2. The Balaban J connectivity index is 1.57. The quantitative estimate of drug-likeness (QED) is 0.758. The molecule has 2 aromatic rings. The first-order valence-corrected chi connectivity index (χ1v) is 9.15. The molecule has 0 bridgehead atoms. The molecule has 1 saturated heterocycles. The molecule has 27 heavy (non-hydrogen) atoms. The zero-order chi connectivity index (χ0) is 19.2. The number of nitrogens with one attached hydrogen (secondary N) is 3. The minimum atomic E-state index is -0.203. The highest BCUT2D eigenvalue weighted by Crippen LogP contribution is 2.20. The summed E-state index contributed by atoms with van der Waals surface area (Å²) in [5.74, 6) is 0.597. The summed E-state index contributed by atoms with van der Waals surface area (Å²) in [5, 5.41) is 9.13. The largest absolute Gasteiger partial charge is 0.497 e. The van der Waals surface area contributed by atoms with E-state index in [-0.39, 0.29) is 17.7 Å². The highest BCUT2D eigenvalue weighted by Gasteiger charge is 2.24. The van der Waals surface area contributed by atoms with Gasteiger partial charge in [-0.05, 0) is 74.8 Å². The number of ether oxygens (including phenoxy) is 1. The number of hydrogen-bond donors (Lipinski definition) is 3. The number of benzene rings is 2. The maximum Gasteiger partial charge on any atom is 0.255 e. The predicted octanol–water partition coefficient (Wildman–Crippen LogP) is 3.27. The fourth-order valence-electron chi connectivity index (χ4n) is 3.20. The molecule has 1 aliphatic rings. The number of carbonyl (C=O) groups excluding carboxylic acids is 2. The van der Waals surface area contributed by atoms with Crippen LogP contribution in [0.15, 0.2) is 48.5 Å². The molecule has 3 rings (SSSR count). The van der Waals surface area contributed by atoms with Crippen molar-refractivity contribution in [1.29, 1.82) is 0 Å². The van der Waals surface area contributed by atoms with Gasteiger partial charge in [0.05, 0.1) is 7.11 Å². The van der Waals surface area contributed by atoms with E-state index in [1.54, 1.807) is 55.6 Å². The Morgan fingerprint density at radius 2 is 1.63 bits per heavy atom. The van der Waals surface area contributed by atoms with Crippen LogP contribution in [-0.4, -0.2) is 31.5 Å².